The van der Waals surface area contributed by atoms with Crippen LogP contribution in [0.2, 0.25) is 0 Å². The van der Waals surface area contributed by atoms with E-state index in [2.05, 4.69) is 36.0 Å². The summed E-state index contributed by atoms with van der Waals surface area (Å²) in [7, 11) is -1.60. The number of nitrogens with one attached hydrogen (secondary N) is 2. The van der Waals surface area contributed by atoms with Gasteiger partial charge in [-0.25, -0.2) is 12.8 Å². The van der Waals surface area contributed by atoms with Crippen LogP contribution in [0.4, 0.5) is 10.1 Å². The van der Waals surface area contributed by atoms with E-state index in [1.54, 1.807) is 6.07 Å². The van der Waals surface area contributed by atoms with Gasteiger partial charge in [0.1, 0.15) is 11.9 Å². The van der Waals surface area contributed by atoms with E-state index in [4.69, 9.17) is 0 Å². The van der Waals surface area contributed by atoms with Crippen LogP contribution in [-0.4, -0.2) is 22.0 Å². The zero-order chi connectivity index (χ0) is 20.4. The van der Waals surface area contributed by atoms with E-state index in [0.717, 1.165) is 37.1 Å². The number of para-hydroxylation sites is 1. The molecule has 0 amide bonds. The molecule has 4 nitrogen and oxygen atoms in total. The minimum Gasteiger partial charge on any atom is -0.331 e. The van der Waals surface area contributed by atoms with Crippen molar-refractivity contribution in [3.05, 3.63) is 95.3 Å². The number of likely N-dealkylation sites (N-methyl/N-ethyl adjacent to an activating group) is 1. The molecule has 0 saturated heterocycles. The van der Waals surface area contributed by atoms with E-state index in [0.29, 0.717) is 5.69 Å². The average Bonchev–Trinajstić information content (AvgIpc) is 2.71. The molecule has 0 fully saturated rings. The van der Waals surface area contributed by atoms with Crippen molar-refractivity contribution in [2.45, 2.75) is 23.8 Å². The van der Waals surface area contributed by atoms with Crippen LogP contribution in [0.5, 0.6) is 0 Å². The van der Waals surface area contributed by atoms with Crippen molar-refractivity contribution in [3.63, 3.8) is 0 Å². The lowest BCUT2D eigenvalue weighted by atomic mass is 9.89. The van der Waals surface area contributed by atoms with Gasteiger partial charge >= 0.3 is 0 Å². The number of hydrogen-bond acceptors (Lipinski definition) is 2. The lowest BCUT2D eigenvalue weighted by molar-refractivity contribution is -0.914. The maximum Gasteiger partial charge on any atom is 0.261 e. The molecule has 0 aliphatic carbocycles. The molecule has 1 heterocycles. The Hall–Kier alpha value is -2.70. The van der Waals surface area contributed by atoms with Gasteiger partial charge in [-0.05, 0) is 41.5 Å². The molecule has 4 rings (SSSR count). The number of halogens is 1. The molecule has 3 aromatic carbocycles. The summed E-state index contributed by atoms with van der Waals surface area (Å²) in [5, 5.41) is 0. The molecule has 29 heavy (non-hydrogen) atoms. The number of rotatable bonds is 5. The molecule has 1 aliphatic heterocycles. The Balaban J connectivity index is 1.63. The summed E-state index contributed by atoms with van der Waals surface area (Å²) in [6.45, 7) is 1.05. The zero-order valence-electron chi connectivity index (χ0n) is 16.2. The monoisotopic (exact) mass is 411 g/mol. The van der Waals surface area contributed by atoms with Crippen molar-refractivity contribution >= 4 is 15.7 Å². The zero-order valence-corrected chi connectivity index (χ0v) is 17.0. The first-order valence-electron chi connectivity index (χ1n) is 9.70. The van der Waals surface area contributed by atoms with E-state index >= 15 is 0 Å². The van der Waals surface area contributed by atoms with Gasteiger partial charge in [0.25, 0.3) is 10.0 Å². The SMILES string of the molecule is C[NH+]1CCc2ccccc2[C@@H]1Cc1ccccc1NS(=O)(=O)c1ccc(F)cc1. The highest BCUT2D eigenvalue weighted by molar-refractivity contribution is 7.92. The van der Waals surface area contributed by atoms with Gasteiger partial charge in [0.05, 0.1) is 24.2 Å². The quantitative estimate of drug-likeness (QED) is 0.678. The fourth-order valence-electron chi connectivity index (χ4n) is 3.99. The van der Waals surface area contributed by atoms with Crippen LogP contribution in [0, 0.1) is 5.82 Å². The first-order valence-corrected chi connectivity index (χ1v) is 11.2. The van der Waals surface area contributed by atoms with Crippen molar-refractivity contribution in [2.75, 3.05) is 18.3 Å². The summed E-state index contributed by atoms with van der Waals surface area (Å²) in [6.07, 6.45) is 1.78. The van der Waals surface area contributed by atoms with Gasteiger partial charge < -0.3 is 4.90 Å². The van der Waals surface area contributed by atoms with Crippen molar-refractivity contribution in [3.8, 4) is 0 Å². The first kappa shape index (κ1) is 19.6. The fraction of sp³-hybridized carbons (Fsp3) is 0.217. The van der Waals surface area contributed by atoms with Crippen LogP contribution in [0.3, 0.4) is 0 Å². The molecule has 0 saturated carbocycles. The fourth-order valence-corrected chi connectivity index (χ4v) is 5.09. The average molecular weight is 412 g/mol. The molecule has 1 aliphatic rings. The molecule has 0 spiro atoms. The summed E-state index contributed by atoms with van der Waals surface area (Å²) in [6, 6.07) is 21.1. The van der Waals surface area contributed by atoms with E-state index in [1.807, 2.05) is 18.2 Å². The number of quaternary nitrogens is 1. The second-order valence-electron chi connectivity index (χ2n) is 7.52. The molecule has 2 atom stereocenters. The lowest BCUT2D eigenvalue weighted by Crippen LogP contribution is -3.10. The Bertz CT molecular complexity index is 1110. The third kappa shape index (κ3) is 4.18. The predicted octanol–water partition coefficient (Wildman–Crippen LogP) is 2.98. The standard InChI is InChI=1S/C23H23FN2O2S/c1-26-15-14-17-6-2-4-8-21(17)23(26)16-18-7-3-5-9-22(18)25-29(27,28)20-12-10-19(24)11-13-20/h2-13,23,25H,14-16H2,1H3/p+1/t23-/m0/s1. The number of anilines is 1. The Morgan fingerprint density at radius 1 is 1.00 bits per heavy atom. The first-order chi connectivity index (χ1) is 13.9. The van der Waals surface area contributed by atoms with Crippen LogP contribution in [0.1, 0.15) is 22.7 Å². The summed E-state index contributed by atoms with van der Waals surface area (Å²) in [5.41, 5.74) is 4.20. The highest BCUT2D eigenvalue weighted by atomic mass is 32.2. The molecule has 2 N–H and O–H groups in total. The van der Waals surface area contributed by atoms with Crippen LogP contribution >= 0.6 is 0 Å². The van der Waals surface area contributed by atoms with Gasteiger partial charge in [-0.2, -0.15) is 0 Å². The van der Waals surface area contributed by atoms with Crippen LogP contribution in [0.15, 0.2) is 77.7 Å². The number of fused-ring (bicyclic) bond motifs is 1. The highest BCUT2D eigenvalue weighted by Crippen LogP contribution is 2.27. The summed E-state index contributed by atoms with van der Waals surface area (Å²) >= 11 is 0. The van der Waals surface area contributed by atoms with Gasteiger partial charge in [-0.1, -0.05) is 42.5 Å². The van der Waals surface area contributed by atoms with Gasteiger partial charge in [0.15, 0.2) is 0 Å². The van der Waals surface area contributed by atoms with Crippen LogP contribution in [-0.2, 0) is 22.9 Å². The van der Waals surface area contributed by atoms with E-state index in [1.165, 1.54) is 28.2 Å². The number of hydrogen-bond donors (Lipinski definition) is 2. The smallest absolute Gasteiger partial charge is 0.261 e. The Morgan fingerprint density at radius 3 is 2.48 bits per heavy atom. The van der Waals surface area contributed by atoms with Gasteiger partial charge in [0, 0.05) is 18.4 Å². The summed E-state index contributed by atoms with van der Waals surface area (Å²) < 4.78 is 41.4. The lowest BCUT2D eigenvalue weighted by Gasteiger charge is -2.32. The second kappa shape index (κ2) is 7.97. The largest absolute Gasteiger partial charge is 0.331 e. The predicted molar refractivity (Wildman–Crippen MR) is 112 cm³/mol. The molecule has 1 unspecified atom stereocenters. The van der Waals surface area contributed by atoms with Crippen molar-refractivity contribution in [1.29, 1.82) is 0 Å². The van der Waals surface area contributed by atoms with Crippen molar-refractivity contribution in [2.24, 2.45) is 0 Å². The molecule has 3 aromatic rings. The molecule has 0 aromatic heterocycles. The van der Waals surface area contributed by atoms with Crippen molar-refractivity contribution < 1.29 is 17.7 Å². The Kier molecular flexibility index (Phi) is 5.39. The second-order valence-corrected chi connectivity index (χ2v) is 9.20. The molecule has 0 radical (unpaired) electrons. The van der Waals surface area contributed by atoms with E-state index < -0.39 is 15.8 Å². The third-order valence-corrected chi connectivity index (χ3v) is 7.01. The van der Waals surface area contributed by atoms with Crippen molar-refractivity contribution in [1.82, 2.24) is 0 Å². The molecule has 0 bridgehead atoms. The van der Waals surface area contributed by atoms with Gasteiger partial charge in [-0.3, -0.25) is 4.72 Å². The normalized spacial score (nSPS) is 18.8. The molecular weight excluding hydrogens is 387 g/mol. The molecular formula is C23H24FN2O2S+. The summed E-state index contributed by atoms with van der Waals surface area (Å²) in [4.78, 5) is 1.46. The van der Waals surface area contributed by atoms with Gasteiger partial charge in [-0.15, -0.1) is 0 Å². The van der Waals surface area contributed by atoms with Crippen LogP contribution in [0.25, 0.3) is 0 Å². The molecule has 6 heteroatoms. The van der Waals surface area contributed by atoms with E-state index in [-0.39, 0.29) is 10.9 Å². The minimum atomic E-state index is -3.79. The van der Waals surface area contributed by atoms with E-state index in [9.17, 15) is 12.8 Å². The summed E-state index contributed by atoms with van der Waals surface area (Å²) in [5.74, 6) is -0.466. The Morgan fingerprint density at radius 2 is 1.69 bits per heavy atom. The minimum absolute atomic E-state index is 0.0412. The Labute approximate surface area is 171 Å². The van der Waals surface area contributed by atoms with Gasteiger partial charge in [0.2, 0.25) is 0 Å². The maximum atomic E-state index is 13.2. The molecule has 150 valence electrons. The number of sulfonamides is 1. The number of benzene rings is 3. The highest BCUT2D eigenvalue weighted by Gasteiger charge is 2.29. The van der Waals surface area contributed by atoms with Crippen LogP contribution < -0.4 is 9.62 Å². The maximum absolute atomic E-state index is 13.2. The third-order valence-electron chi connectivity index (χ3n) is 5.62. The topological polar surface area (TPSA) is 50.6 Å².